The van der Waals surface area contributed by atoms with Crippen LogP contribution in [0.5, 0.6) is 11.5 Å². The molecule has 0 aliphatic heterocycles. The predicted octanol–water partition coefficient (Wildman–Crippen LogP) is 12.0. The van der Waals surface area contributed by atoms with Gasteiger partial charge in [0.25, 0.3) is 23.6 Å². The molecule has 21 heteroatoms. The van der Waals surface area contributed by atoms with E-state index in [-0.39, 0.29) is 56.2 Å². The van der Waals surface area contributed by atoms with Crippen LogP contribution in [0, 0.1) is 0 Å². The van der Waals surface area contributed by atoms with Gasteiger partial charge in [-0.25, -0.2) is 0 Å². The van der Waals surface area contributed by atoms with E-state index in [0.717, 1.165) is 25.0 Å². The van der Waals surface area contributed by atoms with E-state index >= 15 is 0 Å². The van der Waals surface area contributed by atoms with Crippen molar-refractivity contribution in [2.45, 2.75) is 59.0 Å². The molecule has 0 aromatic heterocycles. The Balaban J connectivity index is 1.27. The summed E-state index contributed by atoms with van der Waals surface area (Å²) in [6, 6.07) is 20.6. The van der Waals surface area contributed by atoms with Gasteiger partial charge in [-0.05, 0) is 118 Å². The molecular formula is C50H49Cl5N8O8. The third kappa shape index (κ3) is 15.3. The van der Waals surface area contributed by atoms with Crippen molar-refractivity contribution in [3.05, 3.63) is 129 Å². The number of carbonyl (C=O) groups is 6. The molecule has 0 fully saturated rings. The van der Waals surface area contributed by atoms with Gasteiger partial charge in [0.2, 0.25) is 12.1 Å². The molecule has 0 heterocycles. The largest absolute Gasteiger partial charge is 0.494 e. The van der Waals surface area contributed by atoms with Gasteiger partial charge in [0.05, 0.1) is 34.4 Å². The minimum atomic E-state index is -1.63. The Labute approximate surface area is 435 Å². The normalized spacial score (nSPS) is 12.0. The molecule has 0 bridgehead atoms. The van der Waals surface area contributed by atoms with Crippen molar-refractivity contribution < 1.29 is 38.2 Å². The van der Waals surface area contributed by atoms with E-state index in [1.54, 1.807) is 24.3 Å². The molecular weight excluding hydrogens is 1020 g/mol. The first-order valence-corrected chi connectivity index (χ1v) is 24.4. The first kappa shape index (κ1) is 55.5. The second-order valence-electron chi connectivity index (χ2n) is 15.3. The molecule has 0 saturated heterocycles. The summed E-state index contributed by atoms with van der Waals surface area (Å²) >= 11 is 31.2. The molecule has 0 saturated carbocycles. The number of halogens is 5. The molecule has 5 rings (SSSR count). The Bertz CT molecular complexity index is 2850. The number of benzene rings is 5. The number of aryl methyl sites for hydroxylation is 3. The minimum Gasteiger partial charge on any atom is -0.494 e. The van der Waals surface area contributed by atoms with Gasteiger partial charge < -0.3 is 30.7 Å². The Hall–Kier alpha value is -6.43. The maximum absolute atomic E-state index is 13.6. The molecule has 5 aromatic rings. The highest BCUT2D eigenvalue weighted by Gasteiger charge is 2.27. The molecule has 0 aliphatic rings. The summed E-state index contributed by atoms with van der Waals surface area (Å²) < 4.78 is 11.4. The molecule has 4 amide bonds. The highest BCUT2D eigenvalue weighted by atomic mass is 35.5. The lowest BCUT2D eigenvalue weighted by atomic mass is 10.1. The summed E-state index contributed by atoms with van der Waals surface area (Å²) in [5, 5.41) is 26.9. The maximum Gasteiger partial charge on any atom is 0.258 e. The van der Waals surface area contributed by atoms with Gasteiger partial charge in [-0.15, -0.1) is 34.8 Å². The number of anilines is 4. The number of hydrogen-bond acceptors (Lipinski definition) is 12. The van der Waals surface area contributed by atoms with Crippen LogP contribution in [0.15, 0.2) is 111 Å². The highest BCUT2D eigenvalue weighted by Crippen LogP contribution is 2.33. The standard InChI is InChI=1S/C50H49Cl5N8O8/c1-5-70-41-26-34(15-13-30(41)19-22-51)56-47(66)36-9-7-11-39(43(36)54)60-62-45(28(3)64)49(68)58-33-17-18-38(32(25-33)21-24-53)59-50(69)46(29(4)65)63-61-40-12-8-10-37(44(40)55)48(67)57-35-16-14-31(20-23-52)42(27-35)71-6-2/h7-18,25-27,45-46H,5-6,19-24H2,1-4H3,(H,56,66)(H,57,67)(H,58,68)(H,59,69). The summed E-state index contributed by atoms with van der Waals surface area (Å²) in [5.41, 5.74) is 3.75. The van der Waals surface area contributed by atoms with E-state index in [4.69, 9.17) is 67.5 Å². The number of amides is 4. The molecule has 71 heavy (non-hydrogen) atoms. The van der Waals surface area contributed by atoms with E-state index in [0.29, 0.717) is 66.3 Å². The van der Waals surface area contributed by atoms with Crippen molar-refractivity contribution in [1.29, 1.82) is 0 Å². The zero-order valence-electron chi connectivity index (χ0n) is 38.9. The van der Waals surface area contributed by atoms with Crippen molar-refractivity contribution in [2.24, 2.45) is 20.5 Å². The van der Waals surface area contributed by atoms with Crippen LogP contribution in [0.25, 0.3) is 0 Å². The predicted molar refractivity (Wildman–Crippen MR) is 279 cm³/mol. The number of ether oxygens (including phenoxy) is 2. The molecule has 0 radical (unpaired) electrons. The van der Waals surface area contributed by atoms with E-state index in [1.807, 2.05) is 26.0 Å². The number of azo groups is 2. The summed E-state index contributed by atoms with van der Waals surface area (Å²) in [5.74, 6) is -2.03. The van der Waals surface area contributed by atoms with Gasteiger partial charge in [-0.2, -0.15) is 20.5 Å². The van der Waals surface area contributed by atoms with E-state index in [2.05, 4.69) is 41.7 Å². The van der Waals surface area contributed by atoms with Crippen molar-refractivity contribution in [2.75, 3.05) is 52.1 Å². The number of nitrogens with one attached hydrogen (secondary N) is 4. The maximum atomic E-state index is 13.6. The lowest BCUT2D eigenvalue weighted by Crippen LogP contribution is -2.32. The summed E-state index contributed by atoms with van der Waals surface area (Å²) in [6.07, 6.45) is 1.36. The highest BCUT2D eigenvalue weighted by molar-refractivity contribution is 6.37. The summed E-state index contributed by atoms with van der Waals surface area (Å²) in [7, 11) is 0. The second-order valence-corrected chi connectivity index (χ2v) is 17.2. The molecule has 4 N–H and O–H groups in total. The second kappa shape index (κ2) is 27.2. The van der Waals surface area contributed by atoms with Crippen molar-refractivity contribution in [3.8, 4) is 11.5 Å². The molecule has 0 aliphatic carbocycles. The fraction of sp³-hybridized carbons (Fsp3) is 0.280. The molecule has 5 aromatic carbocycles. The van der Waals surface area contributed by atoms with Crippen LogP contribution in [0.2, 0.25) is 10.0 Å². The monoisotopic (exact) mass is 1060 g/mol. The summed E-state index contributed by atoms with van der Waals surface area (Å²) in [4.78, 5) is 79.2. The van der Waals surface area contributed by atoms with Gasteiger partial charge in [0.1, 0.15) is 22.9 Å². The lowest BCUT2D eigenvalue weighted by molar-refractivity contribution is -0.127. The smallest absolute Gasteiger partial charge is 0.258 e. The first-order valence-electron chi connectivity index (χ1n) is 22.1. The lowest BCUT2D eigenvalue weighted by Gasteiger charge is -2.16. The van der Waals surface area contributed by atoms with Gasteiger partial charge in [0.15, 0.2) is 11.6 Å². The Kier molecular flexibility index (Phi) is 21.3. The Morgan fingerprint density at radius 3 is 1.35 bits per heavy atom. The Morgan fingerprint density at radius 1 is 0.521 bits per heavy atom. The van der Waals surface area contributed by atoms with Crippen molar-refractivity contribution in [3.63, 3.8) is 0 Å². The zero-order chi connectivity index (χ0) is 51.6. The van der Waals surface area contributed by atoms with E-state index < -0.39 is 47.3 Å². The first-order chi connectivity index (χ1) is 34.1. The third-order valence-corrected chi connectivity index (χ3v) is 11.6. The fourth-order valence-electron chi connectivity index (χ4n) is 6.79. The van der Waals surface area contributed by atoms with Gasteiger partial charge in [-0.1, -0.05) is 47.5 Å². The number of carbonyl (C=O) groups excluding carboxylic acids is 6. The van der Waals surface area contributed by atoms with Gasteiger partial charge in [-0.3, -0.25) is 28.8 Å². The van der Waals surface area contributed by atoms with E-state index in [1.165, 1.54) is 54.6 Å². The Morgan fingerprint density at radius 2 is 0.930 bits per heavy atom. The molecule has 2 atom stereocenters. The number of hydrogen-bond donors (Lipinski definition) is 4. The zero-order valence-corrected chi connectivity index (χ0v) is 42.7. The molecule has 372 valence electrons. The third-order valence-electron chi connectivity index (χ3n) is 10.2. The topological polar surface area (TPSA) is 218 Å². The summed E-state index contributed by atoms with van der Waals surface area (Å²) in [6.45, 7) is 6.84. The number of Topliss-reactive ketones (excluding diaryl/α,β-unsaturated/α-hetero) is 2. The van der Waals surface area contributed by atoms with Crippen LogP contribution in [0.3, 0.4) is 0 Å². The van der Waals surface area contributed by atoms with Crippen LogP contribution in [0.4, 0.5) is 34.1 Å². The van der Waals surface area contributed by atoms with Crippen LogP contribution >= 0.6 is 58.0 Å². The fourth-order valence-corrected chi connectivity index (χ4v) is 7.90. The van der Waals surface area contributed by atoms with Crippen molar-refractivity contribution in [1.82, 2.24) is 0 Å². The van der Waals surface area contributed by atoms with Gasteiger partial charge in [0, 0.05) is 52.5 Å². The van der Waals surface area contributed by atoms with Crippen LogP contribution < -0.4 is 30.7 Å². The SMILES string of the molecule is CCOc1cc(NC(=O)c2cccc(N=NC(C(C)=O)C(=O)Nc3ccc(NC(=O)C(N=Nc4cccc(C(=O)Nc5ccc(CCCl)c(OCC)c5)c4Cl)C(C)=O)c(CCCl)c3)c2Cl)ccc1CCCl. The number of ketones is 2. The van der Waals surface area contributed by atoms with Crippen LogP contribution in [0.1, 0.15) is 65.1 Å². The molecule has 2 unspecified atom stereocenters. The molecule has 16 nitrogen and oxygen atoms in total. The average molecular weight is 1070 g/mol. The average Bonchev–Trinajstić information content (AvgIpc) is 3.32. The quantitative estimate of drug-likeness (QED) is 0.0264. The number of rotatable bonds is 24. The number of alkyl halides is 3. The van der Waals surface area contributed by atoms with Gasteiger partial charge >= 0.3 is 0 Å². The van der Waals surface area contributed by atoms with E-state index in [9.17, 15) is 28.8 Å². The van der Waals surface area contributed by atoms with Crippen molar-refractivity contribution >= 4 is 127 Å². The van der Waals surface area contributed by atoms with Crippen LogP contribution in [-0.2, 0) is 38.4 Å². The number of nitrogens with zero attached hydrogens (tertiary/aromatic N) is 4. The molecule has 0 spiro atoms. The van der Waals surface area contributed by atoms with Crippen LogP contribution in [-0.4, -0.2) is 78.1 Å². The minimum absolute atomic E-state index is 0.0227.